The summed E-state index contributed by atoms with van der Waals surface area (Å²) in [5, 5.41) is 4.17. The summed E-state index contributed by atoms with van der Waals surface area (Å²) >= 11 is 0. The molecule has 2 fully saturated rings. The lowest BCUT2D eigenvalue weighted by Gasteiger charge is -2.61. The van der Waals surface area contributed by atoms with Crippen molar-refractivity contribution >= 4 is 5.91 Å². The lowest BCUT2D eigenvalue weighted by atomic mass is 9.59. The Balaban J connectivity index is 1.84. The van der Waals surface area contributed by atoms with E-state index < -0.39 is 0 Å². The molecule has 1 aliphatic heterocycles. The number of rotatable bonds is 3. The Morgan fingerprint density at radius 1 is 1.36 bits per heavy atom. The first-order valence-corrected chi connectivity index (χ1v) is 8.37. The average Bonchev–Trinajstić information content (AvgIpc) is 2.85. The van der Waals surface area contributed by atoms with Crippen LogP contribution in [0.25, 0.3) is 0 Å². The van der Waals surface area contributed by atoms with Crippen LogP contribution < -0.4 is 4.74 Å². The highest BCUT2D eigenvalue weighted by Crippen LogP contribution is 2.52. The molecule has 1 aromatic heterocycles. The van der Waals surface area contributed by atoms with Gasteiger partial charge in [-0.1, -0.05) is 33.1 Å². The minimum atomic E-state index is 0.0693. The van der Waals surface area contributed by atoms with E-state index >= 15 is 0 Å². The molecule has 1 amide bonds. The molecule has 1 aliphatic carbocycles. The van der Waals surface area contributed by atoms with Crippen LogP contribution in [0.1, 0.15) is 56.3 Å². The Bertz CT molecular complexity index is 558. The Hall–Kier alpha value is -1.52. The summed E-state index contributed by atoms with van der Waals surface area (Å²) in [7, 11) is 3.39. The van der Waals surface area contributed by atoms with Crippen LogP contribution in [-0.4, -0.2) is 40.3 Å². The zero-order valence-electron chi connectivity index (χ0n) is 14.1. The highest BCUT2D eigenvalue weighted by molar-refractivity contribution is 5.97. The maximum atomic E-state index is 13.0. The molecule has 5 nitrogen and oxygen atoms in total. The van der Waals surface area contributed by atoms with Gasteiger partial charge in [0.1, 0.15) is 5.56 Å². The number of carbonyl (C=O) groups excluding carboxylic acids is 1. The largest absolute Gasteiger partial charge is 0.481 e. The molecular formula is C17H27N3O2. The third-order valence-corrected chi connectivity index (χ3v) is 5.50. The van der Waals surface area contributed by atoms with E-state index in [1.165, 1.54) is 32.1 Å². The van der Waals surface area contributed by atoms with Gasteiger partial charge < -0.3 is 9.64 Å². The summed E-state index contributed by atoms with van der Waals surface area (Å²) in [5.41, 5.74) is 0.943. The van der Waals surface area contributed by atoms with Crippen molar-refractivity contribution in [2.75, 3.05) is 13.7 Å². The first-order valence-electron chi connectivity index (χ1n) is 8.37. The second kappa shape index (κ2) is 5.60. The molecule has 3 rings (SSSR count). The number of carbonyl (C=O) groups is 1. The normalized spacial score (nSPS) is 23.7. The number of aryl methyl sites for hydroxylation is 1. The molecule has 0 N–H and O–H groups in total. The zero-order chi connectivity index (χ0) is 15.9. The van der Waals surface area contributed by atoms with Crippen LogP contribution in [-0.2, 0) is 7.05 Å². The van der Waals surface area contributed by atoms with Gasteiger partial charge in [-0.15, -0.1) is 0 Å². The number of nitrogens with zero attached hydrogens (tertiary/aromatic N) is 3. The van der Waals surface area contributed by atoms with Gasteiger partial charge in [0.15, 0.2) is 0 Å². The van der Waals surface area contributed by atoms with Crippen molar-refractivity contribution in [2.45, 2.75) is 52.0 Å². The molecule has 1 unspecified atom stereocenters. The van der Waals surface area contributed by atoms with Gasteiger partial charge in [0.2, 0.25) is 5.88 Å². The van der Waals surface area contributed by atoms with Gasteiger partial charge in [-0.05, 0) is 18.8 Å². The second-order valence-corrected chi connectivity index (χ2v) is 7.24. The maximum absolute atomic E-state index is 13.0. The van der Waals surface area contributed by atoms with Gasteiger partial charge in [0.05, 0.1) is 13.3 Å². The summed E-state index contributed by atoms with van der Waals surface area (Å²) in [6.07, 6.45) is 8.12. The number of amides is 1. The fraction of sp³-hybridized carbons (Fsp3) is 0.765. The molecular weight excluding hydrogens is 278 g/mol. The van der Waals surface area contributed by atoms with Crippen LogP contribution in [0.2, 0.25) is 0 Å². The predicted octanol–water partition coefficient (Wildman–Crippen LogP) is 2.86. The molecule has 0 radical (unpaired) electrons. The maximum Gasteiger partial charge on any atom is 0.261 e. The predicted molar refractivity (Wildman–Crippen MR) is 84.9 cm³/mol. The van der Waals surface area contributed by atoms with Gasteiger partial charge in [-0.2, -0.15) is 5.10 Å². The van der Waals surface area contributed by atoms with Gasteiger partial charge in [-0.3, -0.25) is 4.79 Å². The Morgan fingerprint density at radius 3 is 2.64 bits per heavy atom. The number of methoxy groups -OCH3 is 1. The summed E-state index contributed by atoms with van der Waals surface area (Å²) in [6, 6.07) is 0.352. The minimum Gasteiger partial charge on any atom is -0.481 e. The topological polar surface area (TPSA) is 47.4 Å². The van der Waals surface area contributed by atoms with Crippen molar-refractivity contribution in [2.24, 2.45) is 18.4 Å². The molecule has 1 saturated carbocycles. The van der Waals surface area contributed by atoms with E-state index in [1.807, 2.05) is 0 Å². The van der Waals surface area contributed by atoms with Crippen LogP contribution in [0.3, 0.4) is 0 Å². The number of hydrogen-bond donors (Lipinski definition) is 0. The Kier molecular flexibility index (Phi) is 3.91. The number of likely N-dealkylation sites (tertiary alicyclic amines) is 1. The van der Waals surface area contributed by atoms with E-state index in [4.69, 9.17) is 4.74 Å². The summed E-state index contributed by atoms with van der Waals surface area (Å²) in [5.74, 6) is 1.11. The van der Waals surface area contributed by atoms with E-state index in [1.54, 1.807) is 25.0 Å². The summed E-state index contributed by atoms with van der Waals surface area (Å²) < 4.78 is 6.96. The monoisotopic (exact) mass is 305 g/mol. The van der Waals surface area contributed by atoms with Crippen molar-refractivity contribution < 1.29 is 9.53 Å². The molecule has 122 valence electrons. The molecule has 1 spiro atoms. The van der Waals surface area contributed by atoms with Gasteiger partial charge in [0, 0.05) is 25.0 Å². The molecule has 1 aromatic rings. The molecule has 22 heavy (non-hydrogen) atoms. The van der Waals surface area contributed by atoms with Crippen molar-refractivity contribution in [3.05, 3.63) is 11.8 Å². The van der Waals surface area contributed by atoms with Crippen molar-refractivity contribution in [1.29, 1.82) is 0 Å². The van der Waals surface area contributed by atoms with E-state index in [0.717, 1.165) is 6.54 Å². The molecule has 0 aromatic carbocycles. The Morgan fingerprint density at radius 2 is 2.05 bits per heavy atom. The highest BCUT2D eigenvalue weighted by atomic mass is 16.5. The molecule has 2 heterocycles. The zero-order valence-corrected chi connectivity index (χ0v) is 14.1. The third kappa shape index (κ3) is 2.22. The quantitative estimate of drug-likeness (QED) is 0.862. The first-order chi connectivity index (χ1) is 10.5. The van der Waals surface area contributed by atoms with E-state index in [2.05, 4.69) is 23.8 Å². The minimum absolute atomic E-state index is 0.0693. The third-order valence-electron chi connectivity index (χ3n) is 5.50. The van der Waals surface area contributed by atoms with Crippen LogP contribution >= 0.6 is 0 Å². The van der Waals surface area contributed by atoms with Gasteiger partial charge in [0.25, 0.3) is 5.91 Å². The van der Waals surface area contributed by atoms with Crippen molar-refractivity contribution in [3.8, 4) is 5.88 Å². The fourth-order valence-electron chi connectivity index (χ4n) is 4.69. The average molecular weight is 305 g/mol. The molecule has 5 heteroatoms. The molecule has 1 saturated heterocycles. The van der Waals surface area contributed by atoms with Crippen molar-refractivity contribution in [1.82, 2.24) is 14.7 Å². The summed E-state index contributed by atoms with van der Waals surface area (Å²) in [4.78, 5) is 15.0. The first kappa shape index (κ1) is 15.4. The van der Waals surface area contributed by atoms with E-state index in [0.29, 0.717) is 28.8 Å². The number of ether oxygens (including phenoxy) is 1. The fourth-order valence-corrected chi connectivity index (χ4v) is 4.69. The van der Waals surface area contributed by atoms with Crippen molar-refractivity contribution in [3.63, 3.8) is 0 Å². The number of aromatic nitrogens is 2. The van der Waals surface area contributed by atoms with Gasteiger partial charge in [-0.25, -0.2) is 4.68 Å². The lowest BCUT2D eigenvalue weighted by molar-refractivity contribution is -0.0943. The molecule has 1 atom stereocenters. The second-order valence-electron chi connectivity index (χ2n) is 7.24. The summed E-state index contributed by atoms with van der Waals surface area (Å²) in [6.45, 7) is 5.37. The van der Waals surface area contributed by atoms with Crippen LogP contribution in [0.15, 0.2) is 6.20 Å². The van der Waals surface area contributed by atoms with Crippen LogP contribution in [0.5, 0.6) is 5.88 Å². The van der Waals surface area contributed by atoms with Crippen LogP contribution in [0, 0.1) is 11.3 Å². The standard InChI is InChI=1S/C17H27N3O2/c1-12(2)14-17(8-6-5-7-9-17)11-20(14)15(21)13-10-18-19(3)16(13)22-4/h10,12,14H,5-9,11H2,1-4H3. The SMILES string of the molecule is COc1c(C(=O)N2CC3(CCCCC3)C2C(C)C)cnn1C. The molecule has 2 aliphatic rings. The van der Waals surface area contributed by atoms with E-state index in [9.17, 15) is 4.79 Å². The lowest BCUT2D eigenvalue weighted by Crippen LogP contribution is -2.68. The molecule has 0 bridgehead atoms. The smallest absolute Gasteiger partial charge is 0.261 e. The van der Waals surface area contributed by atoms with Crippen LogP contribution in [0.4, 0.5) is 0 Å². The van der Waals surface area contributed by atoms with Gasteiger partial charge >= 0.3 is 0 Å². The Labute approximate surface area is 132 Å². The highest BCUT2D eigenvalue weighted by Gasteiger charge is 2.55. The van der Waals surface area contributed by atoms with E-state index in [-0.39, 0.29) is 5.91 Å². The number of hydrogen-bond acceptors (Lipinski definition) is 3.